The Kier molecular flexibility index (Phi) is 8.05. The second-order valence-electron chi connectivity index (χ2n) is 6.51. The quantitative estimate of drug-likeness (QED) is 0.454. The van der Waals surface area contributed by atoms with Crippen molar-refractivity contribution in [1.29, 1.82) is 0 Å². The molecule has 1 amide bonds. The molecule has 1 N–H and O–H groups in total. The fraction of sp³-hybridized carbons (Fsp3) is 0.316. The molecule has 0 saturated carbocycles. The average Bonchev–Trinajstić information content (AvgIpc) is 2.58. The van der Waals surface area contributed by atoms with E-state index in [1.165, 1.54) is 12.1 Å². The third-order valence-corrected chi connectivity index (χ3v) is 5.99. The van der Waals surface area contributed by atoms with Crippen LogP contribution in [-0.2, 0) is 14.8 Å². The van der Waals surface area contributed by atoms with E-state index < -0.39 is 22.5 Å². The number of anilines is 1. The molecule has 0 aliphatic carbocycles. The molecule has 0 bridgehead atoms. The summed E-state index contributed by atoms with van der Waals surface area (Å²) in [5.41, 5.74) is 2.22. The monoisotopic (exact) mass is 478 g/mol. The first kappa shape index (κ1) is 23.6. The van der Waals surface area contributed by atoms with Crippen molar-refractivity contribution in [2.45, 2.75) is 13.8 Å². The molecule has 2 aromatic rings. The predicted molar refractivity (Wildman–Crippen MR) is 118 cm³/mol. The fourth-order valence-corrected chi connectivity index (χ4v) is 4.20. The number of carbonyl (C=O) groups is 1. The van der Waals surface area contributed by atoms with Crippen molar-refractivity contribution >= 4 is 56.4 Å². The number of nitrogens with one attached hydrogen (secondary N) is 1. The van der Waals surface area contributed by atoms with Gasteiger partial charge in [0, 0.05) is 0 Å². The maximum Gasteiger partial charge on any atom is 0.240 e. The Hall–Kier alpha value is -1.67. The van der Waals surface area contributed by atoms with Gasteiger partial charge in [-0.15, -0.1) is 0 Å². The van der Waals surface area contributed by atoms with Crippen molar-refractivity contribution < 1.29 is 17.9 Å². The zero-order valence-corrected chi connectivity index (χ0v) is 19.2. The van der Waals surface area contributed by atoms with Crippen LogP contribution in [0.25, 0.3) is 0 Å². The topological polar surface area (TPSA) is 75.7 Å². The molecule has 0 unspecified atom stereocenters. The van der Waals surface area contributed by atoms with Crippen molar-refractivity contribution in [1.82, 2.24) is 5.32 Å². The van der Waals surface area contributed by atoms with Gasteiger partial charge in [-0.3, -0.25) is 9.10 Å². The Morgan fingerprint density at radius 2 is 1.59 bits per heavy atom. The molecular formula is C19H21Cl3N2O4S. The molecule has 158 valence electrons. The first-order chi connectivity index (χ1) is 13.5. The summed E-state index contributed by atoms with van der Waals surface area (Å²) in [5.74, 6) is 0.193. The first-order valence-corrected chi connectivity index (χ1v) is 11.6. The van der Waals surface area contributed by atoms with E-state index in [1.807, 2.05) is 32.0 Å². The first-order valence-electron chi connectivity index (χ1n) is 8.57. The molecule has 0 heterocycles. The van der Waals surface area contributed by atoms with Crippen LogP contribution in [0.4, 0.5) is 5.69 Å². The number of nitrogens with zero attached hydrogens (tertiary/aromatic N) is 1. The summed E-state index contributed by atoms with van der Waals surface area (Å²) in [6.07, 6.45) is 0.975. The maximum absolute atomic E-state index is 12.3. The van der Waals surface area contributed by atoms with Crippen LogP contribution in [0.3, 0.4) is 0 Å². The van der Waals surface area contributed by atoms with Crippen molar-refractivity contribution in [2.24, 2.45) is 0 Å². The molecule has 2 rings (SSSR count). The van der Waals surface area contributed by atoms with Crippen LogP contribution in [0.5, 0.6) is 5.75 Å². The smallest absolute Gasteiger partial charge is 0.240 e. The van der Waals surface area contributed by atoms with Gasteiger partial charge in [0.05, 0.1) is 33.6 Å². The number of hydrogen-bond acceptors (Lipinski definition) is 4. The highest BCUT2D eigenvalue weighted by molar-refractivity contribution is 7.92. The highest BCUT2D eigenvalue weighted by Gasteiger charge is 2.24. The Balaban J connectivity index is 2.00. The molecular weight excluding hydrogens is 459 g/mol. The molecule has 0 atom stereocenters. The lowest BCUT2D eigenvalue weighted by atomic mass is 10.1. The summed E-state index contributed by atoms with van der Waals surface area (Å²) in [5, 5.41) is 3.00. The lowest BCUT2D eigenvalue weighted by Crippen LogP contribution is -2.41. The Labute approximate surface area is 185 Å². The number of carbonyl (C=O) groups excluding carboxylic acids is 1. The number of ether oxygens (including phenoxy) is 1. The highest BCUT2D eigenvalue weighted by Crippen LogP contribution is 2.35. The maximum atomic E-state index is 12.3. The lowest BCUT2D eigenvalue weighted by Gasteiger charge is -2.23. The molecule has 0 aliphatic heterocycles. The van der Waals surface area contributed by atoms with Gasteiger partial charge in [0.2, 0.25) is 15.9 Å². The van der Waals surface area contributed by atoms with E-state index in [4.69, 9.17) is 39.5 Å². The third-order valence-electron chi connectivity index (χ3n) is 3.83. The van der Waals surface area contributed by atoms with Crippen LogP contribution in [0.2, 0.25) is 15.1 Å². The van der Waals surface area contributed by atoms with Crippen molar-refractivity contribution in [3.05, 3.63) is 56.5 Å². The van der Waals surface area contributed by atoms with Crippen LogP contribution >= 0.6 is 34.8 Å². The molecule has 2 aromatic carbocycles. The van der Waals surface area contributed by atoms with Gasteiger partial charge in [-0.05, 0) is 49.2 Å². The van der Waals surface area contributed by atoms with Gasteiger partial charge in [-0.2, -0.15) is 0 Å². The summed E-state index contributed by atoms with van der Waals surface area (Å²) < 4.78 is 30.9. The van der Waals surface area contributed by atoms with E-state index in [1.54, 1.807) is 0 Å². The molecule has 0 fully saturated rings. The number of sulfonamides is 1. The summed E-state index contributed by atoms with van der Waals surface area (Å²) in [6.45, 7) is 3.92. The minimum Gasteiger partial charge on any atom is -0.492 e. The molecule has 0 spiro atoms. The van der Waals surface area contributed by atoms with Gasteiger partial charge in [-0.25, -0.2) is 8.42 Å². The summed E-state index contributed by atoms with van der Waals surface area (Å²) in [7, 11) is -3.79. The molecule has 6 nitrogen and oxygen atoms in total. The van der Waals surface area contributed by atoms with Gasteiger partial charge in [0.25, 0.3) is 0 Å². The average molecular weight is 480 g/mol. The van der Waals surface area contributed by atoms with E-state index in [0.717, 1.165) is 21.7 Å². The number of amides is 1. The largest absolute Gasteiger partial charge is 0.492 e. The minimum atomic E-state index is -3.79. The molecule has 0 saturated heterocycles. The Morgan fingerprint density at radius 1 is 1.00 bits per heavy atom. The van der Waals surface area contributed by atoms with E-state index >= 15 is 0 Å². The van der Waals surface area contributed by atoms with Gasteiger partial charge in [0.15, 0.2) is 0 Å². The van der Waals surface area contributed by atoms with E-state index in [-0.39, 0.29) is 33.9 Å². The lowest BCUT2D eigenvalue weighted by molar-refractivity contribution is -0.119. The van der Waals surface area contributed by atoms with Gasteiger partial charge >= 0.3 is 0 Å². The van der Waals surface area contributed by atoms with Crippen molar-refractivity contribution in [3.8, 4) is 5.75 Å². The molecule has 0 aromatic heterocycles. The second kappa shape index (κ2) is 9.89. The Morgan fingerprint density at radius 3 is 2.17 bits per heavy atom. The van der Waals surface area contributed by atoms with Crippen LogP contribution in [-0.4, -0.2) is 40.3 Å². The third kappa shape index (κ3) is 6.96. The summed E-state index contributed by atoms with van der Waals surface area (Å²) >= 11 is 18.0. The zero-order valence-electron chi connectivity index (χ0n) is 16.1. The standard InChI is InChI=1S/C19H21Cl3N2O4S/c1-12-6-13(2)8-14(7-12)28-5-4-23-19(25)11-24(29(3,26)27)18-10-16(21)15(20)9-17(18)22/h6-10H,4-5,11H2,1-3H3,(H,23,25). The van der Waals surface area contributed by atoms with Crippen molar-refractivity contribution in [3.63, 3.8) is 0 Å². The normalized spacial score (nSPS) is 11.2. The SMILES string of the molecule is Cc1cc(C)cc(OCCNC(=O)CN(c2cc(Cl)c(Cl)cc2Cl)S(C)(=O)=O)c1. The molecule has 0 aliphatic rings. The van der Waals surface area contributed by atoms with E-state index in [2.05, 4.69) is 5.32 Å². The number of halogens is 3. The number of aryl methyl sites for hydroxylation is 2. The van der Waals surface area contributed by atoms with Gasteiger partial charge in [0.1, 0.15) is 18.9 Å². The fourth-order valence-electron chi connectivity index (χ4n) is 2.65. The van der Waals surface area contributed by atoms with Gasteiger partial charge < -0.3 is 10.1 Å². The van der Waals surface area contributed by atoms with E-state index in [9.17, 15) is 13.2 Å². The summed E-state index contributed by atoms with van der Waals surface area (Å²) in [4.78, 5) is 12.3. The number of rotatable bonds is 8. The molecule has 0 radical (unpaired) electrons. The number of benzene rings is 2. The number of hydrogen-bond donors (Lipinski definition) is 1. The second-order valence-corrected chi connectivity index (χ2v) is 9.64. The predicted octanol–water partition coefficient (Wildman–Crippen LogP) is 4.22. The Bertz CT molecular complexity index is 993. The van der Waals surface area contributed by atoms with Crippen LogP contribution in [0, 0.1) is 13.8 Å². The van der Waals surface area contributed by atoms with Crippen LogP contribution < -0.4 is 14.4 Å². The minimum absolute atomic E-state index is 0.0655. The van der Waals surface area contributed by atoms with Crippen LogP contribution in [0.1, 0.15) is 11.1 Å². The zero-order chi connectivity index (χ0) is 21.8. The van der Waals surface area contributed by atoms with Crippen molar-refractivity contribution in [2.75, 3.05) is 30.3 Å². The van der Waals surface area contributed by atoms with E-state index in [0.29, 0.717) is 5.75 Å². The van der Waals surface area contributed by atoms with Crippen LogP contribution in [0.15, 0.2) is 30.3 Å². The molecule has 29 heavy (non-hydrogen) atoms. The van der Waals surface area contributed by atoms with Gasteiger partial charge in [-0.1, -0.05) is 40.9 Å². The highest BCUT2D eigenvalue weighted by atomic mass is 35.5. The summed E-state index contributed by atoms with van der Waals surface area (Å²) in [6, 6.07) is 8.46. The molecule has 10 heteroatoms.